The fourth-order valence-electron chi connectivity index (χ4n) is 5.50. The Hall–Kier alpha value is -3.90. The summed E-state index contributed by atoms with van der Waals surface area (Å²) in [6.45, 7) is 7.83. The fourth-order valence-corrected chi connectivity index (χ4v) is 5.50. The molecule has 5 rings (SSSR count). The molecule has 39 heavy (non-hydrogen) atoms. The van der Waals surface area contributed by atoms with Crippen molar-refractivity contribution in [1.29, 1.82) is 0 Å². The zero-order valence-electron chi connectivity index (χ0n) is 22.4. The summed E-state index contributed by atoms with van der Waals surface area (Å²) in [5, 5.41) is 4.29. The number of fused-ring (bicyclic) bond motifs is 1. The Balaban J connectivity index is 1.39. The summed E-state index contributed by atoms with van der Waals surface area (Å²) in [6.07, 6.45) is -0.956. The number of benzene rings is 1. The first-order chi connectivity index (χ1) is 18.5. The van der Waals surface area contributed by atoms with Crippen LogP contribution in [-0.2, 0) is 30.5 Å². The third-order valence-corrected chi connectivity index (χ3v) is 7.39. The van der Waals surface area contributed by atoms with Crippen LogP contribution in [0.15, 0.2) is 24.5 Å². The van der Waals surface area contributed by atoms with Crippen molar-refractivity contribution in [2.24, 2.45) is 0 Å². The van der Waals surface area contributed by atoms with Crippen LogP contribution in [0.25, 0.3) is 0 Å². The van der Waals surface area contributed by atoms with E-state index < -0.39 is 11.7 Å². The molecule has 2 aliphatic rings. The largest absolute Gasteiger partial charge is 0.467 e. The number of rotatable bonds is 5. The monoisotopic (exact) mass is 544 g/mol. The van der Waals surface area contributed by atoms with Gasteiger partial charge >= 0.3 is 12.2 Å². The Morgan fingerprint density at radius 2 is 1.82 bits per heavy atom. The van der Waals surface area contributed by atoms with Crippen molar-refractivity contribution >= 4 is 17.3 Å². The number of hydrogen-bond donors (Lipinski definition) is 0. The van der Waals surface area contributed by atoms with Crippen LogP contribution in [0.4, 0.5) is 24.5 Å². The van der Waals surface area contributed by atoms with E-state index in [0.29, 0.717) is 61.2 Å². The number of methoxy groups -OCH3 is 1. The van der Waals surface area contributed by atoms with Crippen molar-refractivity contribution in [2.75, 3.05) is 43.1 Å². The van der Waals surface area contributed by atoms with Gasteiger partial charge in [-0.1, -0.05) is 0 Å². The highest BCUT2D eigenvalue weighted by atomic mass is 19.4. The smallest absolute Gasteiger partial charge is 0.416 e. The normalized spacial score (nSPS) is 17.8. The van der Waals surface area contributed by atoms with E-state index in [4.69, 9.17) is 4.74 Å². The van der Waals surface area contributed by atoms with E-state index in [1.165, 1.54) is 13.2 Å². The summed E-state index contributed by atoms with van der Waals surface area (Å²) >= 11 is 0. The van der Waals surface area contributed by atoms with Crippen molar-refractivity contribution < 1.29 is 22.7 Å². The van der Waals surface area contributed by atoms with Gasteiger partial charge in [0.1, 0.15) is 18.2 Å². The van der Waals surface area contributed by atoms with Crippen molar-refractivity contribution in [3.63, 3.8) is 0 Å². The lowest BCUT2D eigenvalue weighted by atomic mass is 9.91. The van der Waals surface area contributed by atoms with Crippen molar-refractivity contribution in [1.82, 2.24) is 29.6 Å². The molecular formula is C26H31F3N8O2. The molecule has 0 N–H and O–H groups in total. The van der Waals surface area contributed by atoms with Gasteiger partial charge in [-0.3, -0.25) is 4.79 Å². The molecule has 1 aromatic carbocycles. The number of carbonyl (C=O) groups excluding carboxylic acids is 1. The maximum Gasteiger partial charge on any atom is 0.416 e. The van der Waals surface area contributed by atoms with Gasteiger partial charge in [-0.05, 0) is 50.5 Å². The van der Waals surface area contributed by atoms with Gasteiger partial charge in [-0.2, -0.15) is 18.3 Å². The molecule has 3 aromatic rings. The van der Waals surface area contributed by atoms with Crippen LogP contribution >= 0.6 is 0 Å². The van der Waals surface area contributed by atoms with Crippen molar-refractivity contribution in [2.45, 2.75) is 52.5 Å². The Morgan fingerprint density at radius 1 is 1.08 bits per heavy atom. The number of anilines is 2. The topological polar surface area (TPSA) is 92.5 Å². The minimum absolute atomic E-state index is 0.0599. The lowest BCUT2D eigenvalue weighted by Gasteiger charge is -2.43. The Bertz CT molecular complexity index is 1360. The third kappa shape index (κ3) is 5.34. The molecule has 4 heterocycles. The molecule has 1 saturated heterocycles. The fraction of sp³-hybridized carbons (Fsp3) is 0.500. The minimum Gasteiger partial charge on any atom is -0.467 e. The second-order valence-electron chi connectivity index (χ2n) is 9.93. The maximum absolute atomic E-state index is 13.9. The molecule has 1 fully saturated rings. The van der Waals surface area contributed by atoms with Gasteiger partial charge in [0, 0.05) is 44.5 Å². The van der Waals surface area contributed by atoms with E-state index in [2.05, 4.69) is 25.0 Å². The Kier molecular flexibility index (Phi) is 7.08. The van der Waals surface area contributed by atoms with Crippen LogP contribution in [0.1, 0.15) is 35.3 Å². The van der Waals surface area contributed by atoms with Gasteiger partial charge in [0.15, 0.2) is 0 Å². The van der Waals surface area contributed by atoms with Gasteiger partial charge in [0.05, 0.1) is 30.8 Å². The van der Waals surface area contributed by atoms with Crippen molar-refractivity contribution in [3.05, 3.63) is 52.9 Å². The average Bonchev–Trinajstić information content (AvgIpc) is 3.22. The average molecular weight is 545 g/mol. The van der Waals surface area contributed by atoms with Gasteiger partial charge in [-0.15, -0.1) is 0 Å². The molecule has 13 heteroatoms. The molecule has 1 amide bonds. The molecule has 2 aliphatic heterocycles. The number of aryl methyl sites for hydroxylation is 2. The molecule has 0 radical (unpaired) electrons. The van der Waals surface area contributed by atoms with Gasteiger partial charge < -0.3 is 19.4 Å². The van der Waals surface area contributed by atoms with E-state index in [0.717, 1.165) is 5.69 Å². The molecule has 2 aromatic heterocycles. The molecule has 0 bridgehead atoms. The van der Waals surface area contributed by atoms with Crippen molar-refractivity contribution in [3.8, 4) is 6.01 Å². The van der Waals surface area contributed by atoms with Crippen LogP contribution in [0.3, 0.4) is 0 Å². The third-order valence-electron chi connectivity index (χ3n) is 7.39. The molecule has 0 spiro atoms. The summed E-state index contributed by atoms with van der Waals surface area (Å²) in [5.41, 5.74) is 1.86. The van der Waals surface area contributed by atoms with Gasteiger partial charge in [-0.25, -0.2) is 19.6 Å². The number of aromatic nitrogens is 5. The molecule has 10 nitrogen and oxygen atoms in total. The number of amides is 1. The van der Waals surface area contributed by atoms with E-state index in [-0.39, 0.29) is 30.9 Å². The highest BCUT2D eigenvalue weighted by molar-refractivity contribution is 5.77. The first-order valence-corrected chi connectivity index (χ1v) is 12.8. The number of piperazine rings is 1. The maximum atomic E-state index is 13.9. The first kappa shape index (κ1) is 26.7. The Morgan fingerprint density at radius 3 is 2.44 bits per heavy atom. The lowest BCUT2D eigenvalue weighted by Crippen LogP contribution is -2.55. The second kappa shape index (κ2) is 10.3. The summed E-state index contributed by atoms with van der Waals surface area (Å²) < 4.78 is 48.5. The van der Waals surface area contributed by atoms with Crippen LogP contribution in [0, 0.1) is 13.8 Å². The predicted octanol–water partition coefficient (Wildman–Crippen LogP) is 3.01. The predicted molar refractivity (Wildman–Crippen MR) is 138 cm³/mol. The molecule has 0 aliphatic carbocycles. The number of alkyl halides is 3. The van der Waals surface area contributed by atoms with Crippen LogP contribution < -0.4 is 14.5 Å². The molecule has 0 saturated carbocycles. The highest BCUT2D eigenvalue weighted by Crippen LogP contribution is 2.40. The standard InChI is InChI=1S/C26H31F3N8O2/c1-16-13-35(9-10-36(16)24(38)15-37-18(3)32-17(2)33-37)23-6-5-22(26(27,28)29)20-7-8-34(14-21(20)23)19-11-30-25(39-4)31-12-19/h5-6,11-12,16H,7-10,13-15H2,1-4H3. The van der Waals surface area contributed by atoms with Gasteiger partial charge in [0.2, 0.25) is 5.91 Å². The SMILES string of the molecule is COc1ncc(N2CCc3c(C(F)(F)F)ccc(N4CCN(C(=O)Cn5nc(C)nc5C)C(C)C4)c3C2)cn1. The van der Waals surface area contributed by atoms with E-state index in [1.807, 2.05) is 23.6 Å². The van der Waals surface area contributed by atoms with E-state index >= 15 is 0 Å². The zero-order valence-corrected chi connectivity index (χ0v) is 22.4. The summed E-state index contributed by atoms with van der Waals surface area (Å²) in [7, 11) is 1.47. The minimum atomic E-state index is -4.44. The lowest BCUT2D eigenvalue weighted by molar-refractivity contribution is -0.138. The number of hydrogen-bond acceptors (Lipinski definition) is 8. The number of carbonyl (C=O) groups is 1. The molecule has 1 unspecified atom stereocenters. The number of ether oxygens (including phenoxy) is 1. The van der Waals surface area contributed by atoms with Crippen LogP contribution in [-0.4, -0.2) is 74.9 Å². The second-order valence-corrected chi connectivity index (χ2v) is 9.93. The molecular weight excluding hydrogens is 513 g/mol. The van der Waals surface area contributed by atoms with E-state index in [1.54, 1.807) is 30.1 Å². The van der Waals surface area contributed by atoms with Crippen LogP contribution in [0.2, 0.25) is 0 Å². The Labute approximate surface area is 224 Å². The molecule has 208 valence electrons. The summed E-state index contributed by atoms with van der Waals surface area (Å²) in [6, 6.07) is 2.86. The summed E-state index contributed by atoms with van der Waals surface area (Å²) in [5.74, 6) is 1.23. The van der Waals surface area contributed by atoms with Gasteiger partial charge in [0.25, 0.3) is 0 Å². The number of nitrogens with zero attached hydrogens (tertiary/aromatic N) is 8. The summed E-state index contributed by atoms with van der Waals surface area (Å²) in [4.78, 5) is 31.5. The van der Waals surface area contributed by atoms with E-state index in [9.17, 15) is 18.0 Å². The zero-order chi connectivity index (χ0) is 27.9. The number of halogens is 3. The highest BCUT2D eigenvalue weighted by Gasteiger charge is 2.38. The molecule has 1 atom stereocenters. The first-order valence-electron chi connectivity index (χ1n) is 12.8. The van der Waals surface area contributed by atoms with Crippen LogP contribution in [0.5, 0.6) is 6.01 Å². The quantitative estimate of drug-likeness (QED) is 0.484.